The molecule has 1 aliphatic heterocycles. The Hall–Kier alpha value is -0.550. The topological polar surface area (TPSA) is 51.0 Å². The molecular formula is C9H15N3OS. The molecule has 0 saturated carbocycles. The van der Waals surface area contributed by atoms with Crippen molar-refractivity contribution in [3.63, 3.8) is 0 Å². The fourth-order valence-corrected chi connectivity index (χ4v) is 2.56. The summed E-state index contributed by atoms with van der Waals surface area (Å²) in [4.78, 5) is 0. The monoisotopic (exact) mass is 213 g/mol. The molecule has 4 nitrogen and oxygen atoms in total. The molecule has 0 spiro atoms. The number of aromatic nitrogens is 2. The first kappa shape index (κ1) is 9.98. The third kappa shape index (κ3) is 2.72. The normalized spacial score (nSPS) is 18.6. The molecule has 1 aliphatic rings. The zero-order valence-electron chi connectivity index (χ0n) is 8.32. The summed E-state index contributed by atoms with van der Waals surface area (Å²) in [5.74, 6) is 2.55. The Balaban J connectivity index is 1.76. The van der Waals surface area contributed by atoms with Gasteiger partial charge in [0.25, 0.3) is 5.22 Å². The van der Waals surface area contributed by atoms with Crippen LogP contribution < -0.4 is 5.32 Å². The maximum Gasteiger partial charge on any atom is 0.276 e. The van der Waals surface area contributed by atoms with Crippen molar-refractivity contribution in [1.82, 2.24) is 15.5 Å². The molecule has 2 rings (SSSR count). The lowest BCUT2D eigenvalue weighted by molar-refractivity contribution is 0.402. The Kier molecular flexibility index (Phi) is 3.42. The van der Waals surface area contributed by atoms with Gasteiger partial charge in [-0.25, -0.2) is 0 Å². The molecule has 5 heteroatoms. The van der Waals surface area contributed by atoms with Crippen LogP contribution in [-0.2, 0) is 0 Å². The summed E-state index contributed by atoms with van der Waals surface area (Å²) in [7, 11) is 0. The van der Waals surface area contributed by atoms with E-state index in [-0.39, 0.29) is 0 Å². The largest absolute Gasteiger partial charge is 0.416 e. The van der Waals surface area contributed by atoms with Crippen molar-refractivity contribution in [1.29, 1.82) is 0 Å². The van der Waals surface area contributed by atoms with Crippen LogP contribution >= 0.6 is 11.8 Å². The van der Waals surface area contributed by atoms with Gasteiger partial charge in [0.15, 0.2) is 0 Å². The molecule has 2 heterocycles. The molecule has 0 aromatic carbocycles. The van der Waals surface area contributed by atoms with Crippen molar-refractivity contribution in [2.24, 2.45) is 5.92 Å². The number of hydrogen-bond donors (Lipinski definition) is 1. The highest BCUT2D eigenvalue weighted by atomic mass is 32.2. The first-order chi connectivity index (χ1) is 6.84. The van der Waals surface area contributed by atoms with Gasteiger partial charge in [-0.1, -0.05) is 11.8 Å². The van der Waals surface area contributed by atoms with Gasteiger partial charge in [0, 0.05) is 12.7 Å². The van der Waals surface area contributed by atoms with Gasteiger partial charge in [-0.2, -0.15) is 0 Å². The van der Waals surface area contributed by atoms with Crippen LogP contribution in [0, 0.1) is 12.8 Å². The van der Waals surface area contributed by atoms with E-state index in [1.165, 1.54) is 12.8 Å². The van der Waals surface area contributed by atoms with Crippen LogP contribution in [0.4, 0.5) is 0 Å². The summed E-state index contributed by atoms with van der Waals surface area (Å²) in [5.41, 5.74) is 0. The fraction of sp³-hybridized carbons (Fsp3) is 0.778. The van der Waals surface area contributed by atoms with Crippen LogP contribution in [-0.4, -0.2) is 29.0 Å². The Bertz CT molecular complexity index is 283. The Labute approximate surface area is 87.9 Å². The van der Waals surface area contributed by atoms with E-state index in [0.717, 1.165) is 24.8 Å². The third-order valence-corrected chi connectivity index (χ3v) is 3.46. The van der Waals surface area contributed by atoms with Crippen molar-refractivity contribution >= 4 is 11.8 Å². The van der Waals surface area contributed by atoms with Gasteiger partial charge in [0.1, 0.15) is 0 Å². The van der Waals surface area contributed by atoms with Gasteiger partial charge in [-0.3, -0.25) is 0 Å². The molecule has 78 valence electrons. The second kappa shape index (κ2) is 4.79. The van der Waals surface area contributed by atoms with E-state index in [2.05, 4.69) is 15.5 Å². The minimum atomic E-state index is 0.651. The summed E-state index contributed by atoms with van der Waals surface area (Å²) >= 11 is 1.68. The van der Waals surface area contributed by atoms with Gasteiger partial charge in [-0.15, -0.1) is 10.2 Å². The van der Waals surface area contributed by atoms with Crippen molar-refractivity contribution < 1.29 is 4.42 Å². The average molecular weight is 213 g/mol. The molecule has 0 bridgehead atoms. The summed E-state index contributed by atoms with van der Waals surface area (Å²) < 4.78 is 5.30. The standard InChI is InChI=1S/C9H15N3OS/c1-7-11-12-9(13-7)14-6-8-2-4-10-5-3-8/h8,10H,2-6H2,1H3. The predicted octanol–water partition coefficient (Wildman–Crippen LogP) is 1.47. The number of hydrogen-bond acceptors (Lipinski definition) is 5. The van der Waals surface area contributed by atoms with Crippen LogP contribution in [0.1, 0.15) is 18.7 Å². The molecule has 0 unspecified atom stereocenters. The second-order valence-corrected chi connectivity index (χ2v) is 4.56. The lowest BCUT2D eigenvalue weighted by atomic mass is 10.0. The minimum absolute atomic E-state index is 0.651. The van der Waals surface area contributed by atoms with E-state index in [1.807, 2.05) is 6.92 Å². The lowest BCUT2D eigenvalue weighted by Gasteiger charge is -2.21. The van der Waals surface area contributed by atoms with E-state index < -0.39 is 0 Å². The number of thioether (sulfide) groups is 1. The van der Waals surface area contributed by atoms with Crippen LogP contribution in [0.25, 0.3) is 0 Å². The van der Waals surface area contributed by atoms with Crippen molar-refractivity contribution in [3.8, 4) is 0 Å². The van der Waals surface area contributed by atoms with E-state index in [4.69, 9.17) is 4.42 Å². The number of nitrogens with one attached hydrogen (secondary N) is 1. The fourth-order valence-electron chi connectivity index (χ4n) is 1.57. The maximum absolute atomic E-state index is 5.30. The van der Waals surface area contributed by atoms with Gasteiger partial charge in [0.2, 0.25) is 5.89 Å². The van der Waals surface area contributed by atoms with Crippen LogP contribution in [0.5, 0.6) is 0 Å². The van der Waals surface area contributed by atoms with Crippen LogP contribution in [0.15, 0.2) is 9.64 Å². The first-order valence-electron chi connectivity index (χ1n) is 4.98. The van der Waals surface area contributed by atoms with Gasteiger partial charge in [0.05, 0.1) is 0 Å². The molecule has 0 atom stereocenters. The van der Waals surface area contributed by atoms with Gasteiger partial charge < -0.3 is 9.73 Å². The Morgan fingerprint density at radius 2 is 2.21 bits per heavy atom. The smallest absolute Gasteiger partial charge is 0.276 e. The van der Waals surface area contributed by atoms with Crippen LogP contribution in [0.3, 0.4) is 0 Å². The molecule has 1 fully saturated rings. The lowest BCUT2D eigenvalue weighted by Crippen LogP contribution is -2.28. The molecule has 1 aromatic rings. The third-order valence-electron chi connectivity index (χ3n) is 2.41. The van der Waals surface area contributed by atoms with Gasteiger partial charge in [-0.05, 0) is 31.8 Å². The van der Waals surface area contributed by atoms with Crippen LogP contribution in [0.2, 0.25) is 0 Å². The summed E-state index contributed by atoms with van der Waals surface area (Å²) in [5, 5.41) is 11.8. The van der Waals surface area contributed by atoms with E-state index in [9.17, 15) is 0 Å². The molecule has 1 N–H and O–H groups in total. The highest BCUT2D eigenvalue weighted by Gasteiger charge is 2.14. The van der Waals surface area contributed by atoms with E-state index in [0.29, 0.717) is 11.1 Å². The average Bonchev–Trinajstić information content (AvgIpc) is 2.63. The molecule has 1 aromatic heterocycles. The molecule has 0 amide bonds. The minimum Gasteiger partial charge on any atom is -0.416 e. The SMILES string of the molecule is Cc1nnc(SCC2CCNCC2)o1. The Morgan fingerprint density at radius 1 is 1.43 bits per heavy atom. The molecule has 14 heavy (non-hydrogen) atoms. The number of nitrogens with zero attached hydrogens (tertiary/aromatic N) is 2. The zero-order chi connectivity index (χ0) is 9.80. The molecule has 0 aliphatic carbocycles. The highest BCUT2D eigenvalue weighted by molar-refractivity contribution is 7.99. The zero-order valence-corrected chi connectivity index (χ0v) is 9.14. The summed E-state index contributed by atoms with van der Waals surface area (Å²) in [6.45, 7) is 4.11. The number of rotatable bonds is 3. The summed E-state index contributed by atoms with van der Waals surface area (Å²) in [6.07, 6.45) is 2.53. The molecule has 1 saturated heterocycles. The Morgan fingerprint density at radius 3 is 2.86 bits per heavy atom. The highest BCUT2D eigenvalue weighted by Crippen LogP contribution is 2.23. The predicted molar refractivity (Wildman–Crippen MR) is 55.4 cm³/mol. The number of piperidine rings is 1. The van der Waals surface area contributed by atoms with Crippen molar-refractivity contribution in [3.05, 3.63) is 5.89 Å². The quantitative estimate of drug-likeness (QED) is 0.771. The molecule has 0 radical (unpaired) electrons. The van der Waals surface area contributed by atoms with Crippen molar-refractivity contribution in [2.75, 3.05) is 18.8 Å². The van der Waals surface area contributed by atoms with E-state index >= 15 is 0 Å². The van der Waals surface area contributed by atoms with Crippen molar-refractivity contribution in [2.45, 2.75) is 25.0 Å². The maximum atomic E-state index is 5.30. The molecular weight excluding hydrogens is 198 g/mol. The van der Waals surface area contributed by atoms with Gasteiger partial charge >= 0.3 is 0 Å². The first-order valence-corrected chi connectivity index (χ1v) is 5.97. The van der Waals surface area contributed by atoms with E-state index in [1.54, 1.807) is 11.8 Å². The number of aryl methyl sites for hydroxylation is 1. The summed E-state index contributed by atoms with van der Waals surface area (Å²) in [6, 6.07) is 0. The second-order valence-electron chi connectivity index (χ2n) is 3.59.